The third-order valence-electron chi connectivity index (χ3n) is 7.47. The number of carbonyl (C=O) groups is 1. The van der Waals surface area contributed by atoms with Gasteiger partial charge in [0.2, 0.25) is 5.88 Å². The molecule has 3 aromatic heterocycles. The van der Waals surface area contributed by atoms with E-state index in [2.05, 4.69) is 31.6 Å². The summed E-state index contributed by atoms with van der Waals surface area (Å²) in [5.74, 6) is 0.715. The van der Waals surface area contributed by atoms with Gasteiger partial charge >= 0.3 is 5.97 Å². The van der Waals surface area contributed by atoms with Crippen LogP contribution in [0.15, 0.2) is 79.3 Å². The van der Waals surface area contributed by atoms with Crippen molar-refractivity contribution in [1.82, 2.24) is 24.4 Å². The number of benzene rings is 2. The Balaban J connectivity index is 1.07. The second kappa shape index (κ2) is 11.3. The van der Waals surface area contributed by atoms with Crippen molar-refractivity contribution in [2.24, 2.45) is 0 Å². The molecular formula is C33H35N5O3. The number of carbonyl (C=O) groups excluding carboxylic acids is 1. The van der Waals surface area contributed by atoms with Crippen LogP contribution >= 0.6 is 0 Å². The van der Waals surface area contributed by atoms with Gasteiger partial charge in [-0.1, -0.05) is 24.3 Å². The molecule has 8 nitrogen and oxygen atoms in total. The second-order valence-electron chi connectivity index (χ2n) is 11.6. The van der Waals surface area contributed by atoms with Crippen LogP contribution in [0.25, 0.3) is 21.9 Å². The molecule has 0 bridgehead atoms. The Morgan fingerprint density at radius 3 is 2.61 bits per heavy atom. The second-order valence-corrected chi connectivity index (χ2v) is 11.6. The third kappa shape index (κ3) is 6.23. The van der Waals surface area contributed by atoms with Crippen molar-refractivity contribution in [3.8, 4) is 5.88 Å². The third-order valence-corrected chi connectivity index (χ3v) is 7.47. The fourth-order valence-corrected chi connectivity index (χ4v) is 5.39. The van der Waals surface area contributed by atoms with Gasteiger partial charge in [-0.2, -0.15) is 0 Å². The fraction of sp³-hybridized carbons (Fsp3) is 0.333. The van der Waals surface area contributed by atoms with Gasteiger partial charge in [0, 0.05) is 47.9 Å². The Hall–Kier alpha value is -4.30. The Morgan fingerprint density at radius 2 is 1.78 bits per heavy atom. The number of imidazole rings is 1. The summed E-state index contributed by atoms with van der Waals surface area (Å²) in [6, 6.07) is 21.7. The molecule has 2 aromatic carbocycles. The summed E-state index contributed by atoms with van der Waals surface area (Å²) in [5, 5.41) is 1.10. The normalized spacial score (nSPS) is 14.9. The lowest BCUT2D eigenvalue weighted by molar-refractivity contribution is 0.00696. The highest BCUT2D eigenvalue weighted by atomic mass is 16.6. The van der Waals surface area contributed by atoms with E-state index in [0.717, 1.165) is 65.8 Å². The van der Waals surface area contributed by atoms with Crippen LogP contribution in [-0.4, -0.2) is 49.1 Å². The van der Waals surface area contributed by atoms with Crippen LogP contribution in [0, 0.1) is 0 Å². The van der Waals surface area contributed by atoms with Crippen LogP contribution in [0.4, 0.5) is 0 Å². The maximum atomic E-state index is 12.6. The number of para-hydroxylation sites is 1. The van der Waals surface area contributed by atoms with Gasteiger partial charge in [0.15, 0.2) is 0 Å². The molecule has 0 atom stereocenters. The molecule has 5 aromatic rings. The van der Waals surface area contributed by atoms with Crippen molar-refractivity contribution in [3.63, 3.8) is 0 Å². The number of esters is 1. The van der Waals surface area contributed by atoms with Crippen molar-refractivity contribution < 1.29 is 14.3 Å². The van der Waals surface area contributed by atoms with Gasteiger partial charge in [-0.3, -0.25) is 9.88 Å². The number of hydrogen-bond acceptors (Lipinski definition) is 7. The molecule has 210 valence electrons. The van der Waals surface area contributed by atoms with E-state index in [1.54, 1.807) is 6.07 Å². The van der Waals surface area contributed by atoms with Crippen LogP contribution in [0.5, 0.6) is 5.88 Å². The first-order valence-electron chi connectivity index (χ1n) is 14.2. The first-order chi connectivity index (χ1) is 19.8. The number of nitrogens with zero attached hydrogens (tertiary/aromatic N) is 5. The molecule has 1 saturated heterocycles. The molecular weight excluding hydrogens is 514 g/mol. The van der Waals surface area contributed by atoms with Crippen LogP contribution in [0.2, 0.25) is 0 Å². The van der Waals surface area contributed by atoms with Crippen molar-refractivity contribution in [3.05, 3.63) is 96.1 Å². The number of fused-ring (bicyclic) bond motifs is 2. The van der Waals surface area contributed by atoms with Crippen molar-refractivity contribution in [1.29, 1.82) is 0 Å². The molecule has 1 aliphatic rings. The zero-order valence-electron chi connectivity index (χ0n) is 23.8. The summed E-state index contributed by atoms with van der Waals surface area (Å²) >= 11 is 0. The number of ether oxygens (including phenoxy) is 2. The Labute approximate surface area is 240 Å². The summed E-state index contributed by atoms with van der Waals surface area (Å²) in [7, 11) is 0. The smallest absolute Gasteiger partial charge is 0.338 e. The lowest BCUT2D eigenvalue weighted by Gasteiger charge is -2.32. The highest BCUT2D eigenvalue weighted by Gasteiger charge is 2.23. The molecule has 8 heteroatoms. The molecule has 0 unspecified atom stereocenters. The maximum Gasteiger partial charge on any atom is 0.338 e. The first kappa shape index (κ1) is 26.9. The minimum absolute atomic E-state index is 0.319. The quantitative estimate of drug-likeness (QED) is 0.219. The molecule has 0 N–H and O–H groups in total. The van der Waals surface area contributed by atoms with Crippen molar-refractivity contribution >= 4 is 27.9 Å². The van der Waals surface area contributed by atoms with Crippen molar-refractivity contribution in [2.45, 2.75) is 58.4 Å². The average molecular weight is 550 g/mol. The van der Waals surface area contributed by atoms with Gasteiger partial charge in [0.1, 0.15) is 12.2 Å². The number of hydrogen-bond donors (Lipinski definition) is 0. The Bertz CT molecular complexity index is 1680. The number of aromatic nitrogens is 4. The lowest BCUT2D eigenvalue weighted by Crippen LogP contribution is -2.34. The Morgan fingerprint density at radius 1 is 0.951 bits per heavy atom. The number of rotatable bonds is 7. The van der Waals surface area contributed by atoms with Crippen molar-refractivity contribution in [2.75, 3.05) is 13.1 Å². The Kier molecular flexibility index (Phi) is 7.41. The molecule has 4 heterocycles. The molecule has 6 rings (SSSR count). The minimum atomic E-state index is -0.536. The molecule has 0 aliphatic carbocycles. The molecule has 1 fully saturated rings. The molecule has 0 saturated carbocycles. The van der Waals surface area contributed by atoms with E-state index in [-0.39, 0.29) is 5.97 Å². The standard InChI is InChI=1S/C33H35N5O3/c1-33(2,3)41-32(39)24-11-12-29-30(19-24)38(21-35-29)22-37-17-14-23(15-18-37)27-9-6-10-31(36-27)40-20-25-13-16-34-28-8-5-4-7-26(25)28/h4-13,16,19,21,23H,14-15,17-18,20,22H2,1-3H3. The van der Waals surface area contributed by atoms with E-state index in [1.165, 1.54) is 0 Å². The highest BCUT2D eigenvalue weighted by molar-refractivity contribution is 5.94. The van der Waals surface area contributed by atoms with Gasteiger partial charge in [-0.05, 0) is 70.0 Å². The van der Waals surface area contributed by atoms with E-state index < -0.39 is 5.60 Å². The summed E-state index contributed by atoms with van der Waals surface area (Å²) in [4.78, 5) is 28.9. The summed E-state index contributed by atoms with van der Waals surface area (Å²) in [6.07, 6.45) is 5.71. The predicted octanol–water partition coefficient (Wildman–Crippen LogP) is 6.35. The lowest BCUT2D eigenvalue weighted by atomic mass is 9.93. The largest absolute Gasteiger partial charge is 0.473 e. The zero-order valence-corrected chi connectivity index (χ0v) is 23.8. The summed E-state index contributed by atoms with van der Waals surface area (Å²) in [5.41, 5.74) is 4.95. The van der Waals surface area contributed by atoms with Crippen LogP contribution in [-0.2, 0) is 18.0 Å². The fourth-order valence-electron chi connectivity index (χ4n) is 5.39. The number of piperidine rings is 1. The van der Waals surface area contributed by atoms with Gasteiger partial charge in [0.25, 0.3) is 0 Å². The van der Waals surface area contributed by atoms with Gasteiger partial charge in [-0.15, -0.1) is 0 Å². The summed E-state index contributed by atoms with van der Waals surface area (Å²) < 4.78 is 13.8. The predicted molar refractivity (Wildman–Crippen MR) is 159 cm³/mol. The molecule has 1 aliphatic heterocycles. The first-order valence-corrected chi connectivity index (χ1v) is 14.2. The van der Waals surface area contributed by atoms with Gasteiger partial charge in [0.05, 0.1) is 35.1 Å². The molecule has 0 spiro atoms. The number of likely N-dealkylation sites (tertiary alicyclic amines) is 1. The van der Waals surface area contributed by atoms with E-state index in [1.807, 2.05) is 81.8 Å². The molecule has 0 amide bonds. The average Bonchev–Trinajstić information content (AvgIpc) is 3.37. The molecule has 41 heavy (non-hydrogen) atoms. The van der Waals surface area contributed by atoms with Gasteiger partial charge < -0.3 is 14.0 Å². The van der Waals surface area contributed by atoms with Gasteiger partial charge in [-0.25, -0.2) is 14.8 Å². The maximum absolute atomic E-state index is 12.6. The van der Waals surface area contributed by atoms with Crippen LogP contribution < -0.4 is 4.74 Å². The van der Waals surface area contributed by atoms with E-state index in [9.17, 15) is 4.79 Å². The van der Waals surface area contributed by atoms with Crippen LogP contribution in [0.3, 0.4) is 0 Å². The SMILES string of the molecule is CC(C)(C)OC(=O)c1ccc2ncn(CN3CCC(c4cccc(OCc5ccnc6ccccc56)n4)CC3)c2c1. The van der Waals surface area contributed by atoms with E-state index in [0.29, 0.717) is 24.0 Å². The molecule has 0 radical (unpaired) electrons. The van der Waals surface area contributed by atoms with Crippen LogP contribution in [0.1, 0.15) is 61.1 Å². The minimum Gasteiger partial charge on any atom is -0.473 e. The summed E-state index contributed by atoms with van der Waals surface area (Å²) in [6.45, 7) is 8.70. The van der Waals surface area contributed by atoms with E-state index in [4.69, 9.17) is 14.5 Å². The monoisotopic (exact) mass is 549 g/mol. The highest BCUT2D eigenvalue weighted by Crippen LogP contribution is 2.29. The van der Waals surface area contributed by atoms with E-state index >= 15 is 0 Å². The topological polar surface area (TPSA) is 82.4 Å². The zero-order chi connectivity index (χ0) is 28.4. The number of pyridine rings is 2.